The van der Waals surface area contributed by atoms with Crippen LogP contribution in [-0.4, -0.2) is 9.97 Å². The van der Waals surface area contributed by atoms with Crippen LogP contribution in [0.4, 0.5) is 0 Å². The van der Waals surface area contributed by atoms with Gasteiger partial charge in [0.15, 0.2) is 0 Å². The summed E-state index contributed by atoms with van der Waals surface area (Å²) >= 11 is 0. The van der Waals surface area contributed by atoms with Gasteiger partial charge in [-0.1, -0.05) is 30.3 Å². The van der Waals surface area contributed by atoms with Crippen LogP contribution >= 0.6 is 0 Å². The van der Waals surface area contributed by atoms with Crippen LogP contribution in [0.2, 0.25) is 0 Å². The van der Waals surface area contributed by atoms with Crippen molar-refractivity contribution in [2.24, 2.45) is 5.84 Å². The normalized spacial score (nSPS) is 12.3. The monoisotopic (exact) mass is 242 g/mol. The van der Waals surface area contributed by atoms with E-state index in [1.807, 2.05) is 6.07 Å². The molecule has 4 heteroatoms. The van der Waals surface area contributed by atoms with Crippen LogP contribution in [0.3, 0.4) is 0 Å². The fraction of sp³-hybridized carbons (Fsp3) is 0.286. The maximum Gasteiger partial charge on any atom is 0.146 e. The first-order chi connectivity index (χ1) is 8.90. The third-order valence-electron chi connectivity index (χ3n) is 2.90. The van der Waals surface area contributed by atoms with Crippen LogP contribution in [0, 0.1) is 0 Å². The van der Waals surface area contributed by atoms with Crippen LogP contribution in [0.5, 0.6) is 0 Å². The summed E-state index contributed by atoms with van der Waals surface area (Å²) in [6, 6.07) is 12.3. The number of hydrogen-bond acceptors (Lipinski definition) is 4. The SMILES string of the molecule is NNC(CCCc1ccccc1)c1ncccn1. The predicted molar refractivity (Wildman–Crippen MR) is 71.5 cm³/mol. The van der Waals surface area contributed by atoms with Gasteiger partial charge in [0.1, 0.15) is 5.82 Å². The van der Waals surface area contributed by atoms with Crippen LogP contribution in [0.25, 0.3) is 0 Å². The molecule has 1 aromatic heterocycles. The van der Waals surface area contributed by atoms with Gasteiger partial charge in [0.25, 0.3) is 0 Å². The highest BCUT2D eigenvalue weighted by atomic mass is 15.2. The molecule has 2 aromatic rings. The van der Waals surface area contributed by atoms with Crippen molar-refractivity contribution in [3.05, 3.63) is 60.2 Å². The van der Waals surface area contributed by atoms with Gasteiger partial charge < -0.3 is 0 Å². The van der Waals surface area contributed by atoms with Gasteiger partial charge in [-0.3, -0.25) is 5.84 Å². The number of aromatic nitrogens is 2. The Morgan fingerprint density at radius 2 is 1.78 bits per heavy atom. The molecule has 1 unspecified atom stereocenters. The quantitative estimate of drug-likeness (QED) is 0.600. The summed E-state index contributed by atoms with van der Waals surface area (Å²) in [6.45, 7) is 0. The molecule has 18 heavy (non-hydrogen) atoms. The third kappa shape index (κ3) is 3.61. The van der Waals surface area contributed by atoms with E-state index in [2.05, 4.69) is 39.7 Å². The van der Waals surface area contributed by atoms with Gasteiger partial charge in [0, 0.05) is 12.4 Å². The third-order valence-corrected chi connectivity index (χ3v) is 2.90. The van der Waals surface area contributed by atoms with E-state index in [4.69, 9.17) is 5.84 Å². The molecule has 1 heterocycles. The first-order valence-corrected chi connectivity index (χ1v) is 6.17. The van der Waals surface area contributed by atoms with Gasteiger partial charge in [0.2, 0.25) is 0 Å². The van der Waals surface area contributed by atoms with Crippen LogP contribution in [0.15, 0.2) is 48.8 Å². The highest BCUT2D eigenvalue weighted by Gasteiger charge is 2.11. The molecule has 3 N–H and O–H groups in total. The Balaban J connectivity index is 1.85. The van der Waals surface area contributed by atoms with Crippen molar-refractivity contribution < 1.29 is 0 Å². The molecule has 0 saturated heterocycles. The van der Waals surface area contributed by atoms with Gasteiger partial charge in [-0.15, -0.1) is 0 Å². The molecular weight excluding hydrogens is 224 g/mol. The molecule has 0 fully saturated rings. The molecule has 4 nitrogen and oxygen atoms in total. The summed E-state index contributed by atoms with van der Waals surface area (Å²) in [6.07, 6.45) is 6.51. The minimum atomic E-state index is 0.0231. The number of nitrogens with zero attached hydrogens (tertiary/aromatic N) is 2. The summed E-state index contributed by atoms with van der Waals surface area (Å²) in [5.74, 6) is 6.31. The van der Waals surface area contributed by atoms with Gasteiger partial charge in [-0.2, -0.15) is 0 Å². The fourth-order valence-electron chi connectivity index (χ4n) is 1.93. The molecule has 0 radical (unpaired) electrons. The van der Waals surface area contributed by atoms with Crippen molar-refractivity contribution in [3.8, 4) is 0 Å². The average molecular weight is 242 g/mol. The van der Waals surface area contributed by atoms with Crippen LogP contribution in [0.1, 0.15) is 30.3 Å². The smallest absolute Gasteiger partial charge is 0.146 e. The van der Waals surface area contributed by atoms with Crippen LogP contribution < -0.4 is 11.3 Å². The standard InChI is InChI=1S/C14H18N4/c15-18-13(14-16-10-5-11-17-14)9-4-8-12-6-2-1-3-7-12/h1-3,5-7,10-11,13,18H,4,8-9,15H2. The number of hydrazine groups is 1. The van der Waals surface area contributed by atoms with Gasteiger partial charge in [-0.25, -0.2) is 15.4 Å². The van der Waals surface area contributed by atoms with E-state index in [0.29, 0.717) is 0 Å². The Kier molecular flexibility index (Phi) is 4.81. The first-order valence-electron chi connectivity index (χ1n) is 6.17. The Morgan fingerprint density at radius 1 is 1.06 bits per heavy atom. The number of aryl methyl sites for hydroxylation is 1. The fourth-order valence-corrected chi connectivity index (χ4v) is 1.93. The second-order valence-corrected chi connectivity index (χ2v) is 4.20. The molecule has 0 amide bonds. The zero-order chi connectivity index (χ0) is 12.6. The number of nitrogens with one attached hydrogen (secondary N) is 1. The first kappa shape index (κ1) is 12.7. The van der Waals surface area contributed by atoms with E-state index in [9.17, 15) is 0 Å². The molecule has 0 aliphatic heterocycles. The van der Waals surface area contributed by atoms with E-state index in [1.54, 1.807) is 18.5 Å². The minimum absolute atomic E-state index is 0.0231. The highest BCUT2D eigenvalue weighted by molar-refractivity contribution is 5.14. The molecule has 94 valence electrons. The van der Waals surface area contributed by atoms with Gasteiger partial charge in [-0.05, 0) is 30.9 Å². The van der Waals surface area contributed by atoms with E-state index in [-0.39, 0.29) is 6.04 Å². The molecule has 0 spiro atoms. The number of nitrogens with two attached hydrogens (primary N) is 1. The lowest BCUT2D eigenvalue weighted by atomic mass is 10.0. The zero-order valence-electron chi connectivity index (χ0n) is 10.3. The van der Waals surface area contributed by atoms with E-state index in [1.165, 1.54) is 5.56 Å². The van der Waals surface area contributed by atoms with Crippen molar-refractivity contribution in [1.82, 2.24) is 15.4 Å². The summed E-state index contributed by atoms with van der Waals surface area (Å²) in [5, 5.41) is 0. The largest absolute Gasteiger partial charge is 0.271 e. The summed E-state index contributed by atoms with van der Waals surface area (Å²) in [5.41, 5.74) is 4.13. The van der Waals surface area contributed by atoms with Crippen molar-refractivity contribution >= 4 is 0 Å². The minimum Gasteiger partial charge on any atom is -0.271 e. The maximum atomic E-state index is 5.55. The molecular formula is C14H18N4. The summed E-state index contributed by atoms with van der Waals surface area (Å²) in [4.78, 5) is 8.44. The number of benzene rings is 1. The second-order valence-electron chi connectivity index (χ2n) is 4.20. The Bertz CT molecular complexity index is 444. The Hall–Kier alpha value is -1.78. The molecule has 0 aliphatic carbocycles. The second kappa shape index (κ2) is 6.83. The maximum absolute atomic E-state index is 5.55. The molecule has 0 aliphatic rings. The molecule has 1 aromatic carbocycles. The van der Waals surface area contributed by atoms with Crippen LogP contribution in [-0.2, 0) is 6.42 Å². The highest BCUT2D eigenvalue weighted by Crippen LogP contribution is 2.15. The Labute approximate surface area is 107 Å². The van der Waals surface area contributed by atoms with Crippen molar-refractivity contribution in [3.63, 3.8) is 0 Å². The summed E-state index contributed by atoms with van der Waals surface area (Å²) in [7, 11) is 0. The predicted octanol–water partition coefficient (Wildman–Crippen LogP) is 2.00. The zero-order valence-corrected chi connectivity index (χ0v) is 10.3. The summed E-state index contributed by atoms with van der Waals surface area (Å²) < 4.78 is 0. The topological polar surface area (TPSA) is 63.8 Å². The average Bonchev–Trinajstić information content (AvgIpc) is 2.46. The molecule has 1 atom stereocenters. The molecule has 2 rings (SSSR count). The van der Waals surface area contributed by atoms with Gasteiger partial charge in [0.05, 0.1) is 6.04 Å². The lowest BCUT2D eigenvalue weighted by Crippen LogP contribution is -2.29. The molecule has 0 saturated carbocycles. The van der Waals surface area contributed by atoms with E-state index >= 15 is 0 Å². The van der Waals surface area contributed by atoms with E-state index < -0.39 is 0 Å². The lowest BCUT2D eigenvalue weighted by molar-refractivity contribution is 0.475. The lowest BCUT2D eigenvalue weighted by Gasteiger charge is -2.13. The van der Waals surface area contributed by atoms with E-state index in [0.717, 1.165) is 25.1 Å². The van der Waals surface area contributed by atoms with Crippen molar-refractivity contribution in [2.75, 3.05) is 0 Å². The Morgan fingerprint density at radius 3 is 2.44 bits per heavy atom. The van der Waals surface area contributed by atoms with Gasteiger partial charge >= 0.3 is 0 Å². The molecule has 0 bridgehead atoms. The number of rotatable bonds is 6. The number of hydrogen-bond donors (Lipinski definition) is 2. The van der Waals surface area contributed by atoms with Crippen molar-refractivity contribution in [2.45, 2.75) is 25.3 Å². The van der Waals surface area contributed by atoms with Crippen molar-refractivity contribution in [1.29, 1.82) is 0 Å².